The Morgan fingerprint density at radius 3 is 2.52 bits per heavy atom. The first-order valence-electron chi connectivity index (χ1n) is 6.98. The second kappa shape index (κ2) is 6.81. The van der Waals surface area contributed by atoms with Gasteiger partial charge in [0, 0.05) is 17.1 Å². The summed E-state index contributed by atoms with van der Waals surface area (Å²) in [5.74, 6) is -0.187. The summed E-state index contributed by atoms with van der Waals surface area (Å²) in [5, 5.41) is 3.93. The Morgan fingerprint density at radius 1 is 1.13 bits per heavy atom. The number of hydrogen-bond acceptors (Lipinski definition) is 4. The van der Waals surface area contributed by atoms with Crippen LogP contribution >= 0.6 is 22.9 Å². The molecule has 2 aromatic carbocycles. The first kappa shape index (κ1) is 15.5. The van der Waals surface area contributed by atoms with Gasteiger partial charge in [0.15, 0.2) is 5.13 Å². The summed E-state index contributed by atoms with van der Waals surface area (Å²) in [6.07, 6.45) is 0. The van der Waals surface area contributed by atoms with Crippen LogP contribution in [0.1, 0.15) is 15.2 Å². The number of carbonyl (C=O) groups is 1. The Morgan fingerprint density at radius 2 is 1.83 bits per heavy atom. The molecule has 3 rings (SSSR count). The summed E-state index contributed by atoms with van der Waals surface area (Å²) in [6, 6.07) is 16.9. The Bertz CT molecular complexity index is 816. The van der Waals surface area contributed by atoms with Crippen molar-refractivity contribution in [2.45, 2.75) is 6.54 Å². The molecule has 0 saturated carbocycles. The van der Waals surface area contributed by atoms with Gasteiger partial charge in [-0.15, -0.1) is 0 Å². The number of amides is 1. The lowest BCUT2D eigenvalue weighted by Gasteiger charge is -2.06. The summed E-state index contributed by atoms with van der Waals surface area (Å²) in [4.78, 5) is 17.3. The number of hydrogen-bond donors (Lipinski definition) is 2. The smallest absolute Gasteiger partial charge is 0.264 e. The van der Waals surface area contributed by atoms with Crippen molar-refractivity contribution in [1.29, 1.82) is 0 Å². The number of halogens is 1. The van der Waals surface area contributed by atoms with Crippen molar-refractivity contribution in [2.24, 2.45) is 0 Å². The predicted molar refractivity (Wildman–Crippen MR) is 94.6 cm³/mol. The molecule has 0 saturated heterocycles. The Labute approximate surface area is 142 Å². The summed E-state index contributed by atoms with van der Waals surface area (Å²) >= 11 is 7.04. The average molecular weight is 344 g/mol. The molecule has 3 N–H and O–H groups in total. The van der Waals surface area contributed by atoms with Gasteiger partial charge < -0.3 is 11.1 Å². The summed E-state index contributed by atoms with van der Waals surface area (Å²) in [5.41, 5.74) is 8.25. The van der Waals surface area contributed by atoms with Crippen LogP contribution in [-0.2, 0) is 6.54 Å². The number of nitrogens with one attached hydrogen (secondary N) is 1. The molecule has 1 heterocycles. The molecule has 3 aromatic rings. The minimum absolute atomic E-state index is 0.187. The van der Waals surface area contributed by atoms with E-state index in [1.807, 2.05) is 42.5 Å². The van der Waals surface area contributed by atoms with Gasteiger partial charge in [-0.1, -0.05) is 65.4 Å². The van der Waals surface area contributed by atoms with Gasteiger partial charge in [-0.2, -0.15) is 0 Å². The van der Waals surface area contributed by atoms with Crippen molar-refractivity contribution in [2.75, 3.05) is 5.73 Å². The zero-order valence-corrected chi connectivity index (χ0v) is 13.7. The van der Waals surface area contributed by atoms with E-state index >= 15 is 0 Å². The maximum absolute atomic E-state index is 12.5. The van der Waals surface area contributed by atoms with Crippen LogP contribution < -0.4 is 11.1 Å². The molecule has 1 amide bonds. The molecule has 0 aliphatic carbocycles. The monoisotopic (exact) mass is 343 g/mol. The quantitative estimate of drug-likeness (QED) is 0.753. The number of nitrogens with zero attached hydrogens (tertiary/aromatic N) is 1. The highest BCUT2D eigenvalue weighted by Gasteiger charge is 2.18. The molecule has 23 heavy (non-hydrogen) atoms. The molecule has 0 bridgehead atoms. The van der Waals surface area contributed by atoms with E-state index in [2.05, 4.69) is 10.3 Å². The Hall–Kier alpha value is -2.37. The number of aromatic nitrogens is 1. The first-order chi connectivity index (χ1) is 11.1. The molecule has 0 atom stereocenters. The third kappa shape index (κ3) is 3.70. The van der Waals surface area contributed by atoms with Gasteiger partial charge in [0.1, 0.15) is 4.88 Å². The van der Waals surface area contributed by atoms with Crippen molar-refractivity contribution >= 4 is 34.0 Å². The molecule has 1 aromatic heterocycles. The molecule has 0 spiro atoms. The van der Waals surface area contributed by atoms with Crippen LogP contribution in [0, 0.1) is 0 Å². The van der Waals surface area contributed by atoms with Gasteiger partial charge in [-0.05, 0) is 17.7 Å². The molecular weight excluding hydrogens is 330 g/mol. The lowest BCUT2D eigenvalue weighted by atomic mass is 10.1. The molecule has 4 nitrogen and oxygen atoms in total. The third-order valence-electron chi connectivity index (χ3n) is 3.26. The van der Waals surface area contributed by atoms with Crippen LogP contribution in [0.4, 0.5) is 5.13 Å². The summed E-state index contributed by atoms with van der Waals surface area (Å²) < 4.78 is 0. The van der Waals surface area contributed by atoms with E-state index in [0.717, 1.165) is 11.1 Å². The highest BCUT2D eigenvalue weighted by Crippen LogP contribution is 2.29. The fourth-order valence-corrected chi connectivity index (χ4v) is 3.04. The van der Waals surface area contributed by atoms with Crippen LogP contribution in [0.15, 0.2) is 54.6 Å². The average Bonchev–Trinajstić information content (AvgIpc) is 2.97. The van der Waals surface area contributed by atoms with E-state index in [4.69, 9.17) is 17.3 Å². The topological polar surface area (TPSA) is 68.0 Å². The van der Waals surface area contributed by atoms with Gasteiger partial charge in [0.05, 0.1) is 5.69 Å². The van der Waals surface area contributed by atoms with E-state index in [0.29, 0.717) is 27.3 Å². The molecular formula is C17H14ClN3OS. The zero-order valence-electron chi connectivity index (χ0n) is 12.1. The van der Waals surface area contributed by atoms with Crippen molar-refractivity contribution < 1.29 is 4.79 Å². The standard InChI is InChI=1S/C17H14ClN3OS/c18-13-8-6-11(7-9-13)10-20-16(22)15-14(21-17(19)23-15)12-4-2-1-3-5-12/h1-9H,10H2,(H2,19,21)(H,20,22). The number of carbonyl (C=O) groups excluding carboxylic acids is 1. The Kier molecular flexibility index (Phi) is 4.60. The van der Waals surface area contributed by atoms with E-state index in [-0.39, 0.29) is 5.91 Å². The fourth-order valence-electron chi connectivity index (χ4n) is 2.15. The van der Waals surface area contributed by atoms with Gasteiger partial charge >= 0.3 is 0 Å². The molecule has 0 radical (unpaired) electrons. The van der Waals surface area contributed by atoms with Crippen molar-refractivity contribution in [3.8, 4) is 11.3 Å². The second-order valence-corrected chi connectivity index (χ2v) is 6.37. The number of nitrogens with two attached hydrogens (primary N) is 1. The molecule has 6 heteroatoms. The summed E-state index contributed by atoms with van der Waals surface area (Å²) in [6.45, 7) is 0.419. The van der Waals surface area contributed by atoms with Crippen LogP contribution in [-0.4, -0.2) is 10.9 Å². The normalized spacial score (nSPS) is 10.5. The second-order valence-electron chi connectivity index (χ2n) is 4.91. The fraction of sp³-hybridized carbons (Fsp3) is 0.0588. The van der Waals surface area contributed by atoms with E-state index < -0.39 is 0 Å². The predicted octanol–water partition coefficient (Wildman–Crippen LogP) is 3.98. The van der Waals surface area contributed by atoms with Gasteiger partial charge in [-0.25, -0.2) is 4.98 Å². The molecule has 0 aliphatic rings. The SMILES string of the molecule is Nc1nc(-c2ccccc2)c(C(=O)NCc2ccc(Cl)cc2)s1. The first-order valence-corrected chi connectivity index (χ1v) is 8.17. The van der Waals surface area contributed by atoms with Gasteiger partial charge in [-0.3, -0.25) is 4.79 Å². The number of benzene rings is 2. The molecule has 0 fully saturated rings. The Balaban J connectivity index is 1.79. The highest BCUT2D eigenvalue weighted by atomic mass is 35.5. The van der Waals surface area contributed by atoms with E-state index in [1.54, 1.807) is 12.1 Å². The minimum atomic E-state index is -0.187. The van der Waals surface area contributed by atoms with Gasteiger partial charge in [0.25, 0.3) is 5.91 Å². The lowest BCUT2D eigenvalue weighted by molar-refractivity contribution is 0.0955. The van der Waals surface area contributed by atoms with Crippen molar-refractivity contribution in [3.05, 3.63) is 70.1 Å². The maximum Gasteiger partial charge on any atom is 0.264 e. The lowest BCUT2D eigenvalue weighted by Crippen LogP contribution is -2.22. The van der Waals surface area contributed by atoms with Crippen molar-refractivity contribution in [1.82, 2.24) is 10.3 Å². The van der Waals surface area contributed by atoms with Crippen LogP contribution in [0.3, 0.4) is 0 Å². The molecule has 0 unspecified atom stereocenters. The molecule has 0 aliphatic heterocycles. The van der Waals surface area contributed by atoms with Crippen LogP contribution in [0.5, 0.6) is 0 Å². The van der Waals surface area contributed by atoms with E-state index in [9.17, 15) is 4.79 Å². The zero-order chi connectivity index (χ0) is 16.2. The van der Waals surface area contributed by atoms with Gasteiger partial charge in [0.2, 0.25) is 0 Å². The van der Waals surface area contributed by atoms with Crippen LogP contribution in [0.25, 0.3) is 11.3 Å². The maximum atomic E-state index is 12.5. The number of thiazole rings is 1. The largest absolute Gasteiger partial charge is 0.375 e. The number of nitrogen functional groups attached to an aromatic ring is 1. The van der Waals surface area contributed by atoms with Crippen molar-refractivity contribution in [3.63, 3.8) is 0 Å². The molecule has 116 valence electrons. The summed E-state index contributed by atoms with van der Waals surface area (Å²) in [7, 11) is 0. The van der Waals surface area contributed by atoms with Crippen LogP contribution in [0.2, 0.25) is 5.02 Å². The third-order valence-corrected chi connectivity index (χ3v) is 4.40. The van der Waals surface area contributed by atoms with E-state index in [1.165, 1.54) is 11.3 Å². The number of rotatable bonds is 4. The number of anilines is 1. The highest BCUT2D eigenvalue weighted by molar-refractivity contribution is 7.17. The minimum Gasteiger partial charge on any atom is -0.375 e.